The third-order valence-corrected chi connectivity index (χ3v) is 2.27. The van der Waals surface area contributed by atoms with Crippen molar-refractivity contribution in [2.75, 3.05) is 7.11 Å². The summed E-state index contributed by atoms with van der Waals surface area (Å²) in [5.74, 6) is -0.257. The van der Waals surface area contributed by atoms with Gasteiger partial charge < -0.3 is 4.74 Å². The first-order valence-electron chi connectivity index (χ1n) is 4.49. The van der Waals surface area contributed by atoms with Gasteiger partial charge in [-0.05, 0) is 32.8 Å². The zero-order valence-electron chi connectivity index (χ0n) is 9.10. The summed E-state index contributed by atoms with van der Waals surface area (Å²) in [6.45, 7) is 7.90. The van der Waals surface area contributed by atoms with Crippen molar-refractivity contribution in [2.45, 2.75) is 34.1 Å². The first-order chi connectivity index (χ1) is 6.08. The van der Waals surface area contributed by atoms with E-state index in [9.17, 15) is 4.79 Å². The van der Waals surface area contributed by atoms with Gasteiger partial charge in [-0.1, -0.05) is 18.6 Å². The molecule has 0 spiro atoms. The van der Waals surface area contributed by atoms with E-state index in [-0.39, 0.29) is 5.97 Å². The molecule has 0 fully saturated rings. The minimum Gasteiger partial charge on any atom is -0.465 e. The maximum Gasteiger partial charge on any atom is 0.337 e. The molecule has 0 rings (SSSR count). The highest BCUT2D eigenvalue weighted by molar-refractivity contribution is 5.93. The van der Waals surface area contributed by atoms with Crippen molar-refractivity contribution in [2.24, 2.45) is 0 Å². The molecule has 0 N–H and O–H groups in total. The second-order valence-corrected chi connectivity index (χ2v) is 2.95. The van der Waals surface area contributed by atoms with Gasteiger partial charge >= 0.3 is 5.97 Å². The van der Waals surface area contributed by atoms with Crippen LogP contribution in [0.1, 0.15) is 34.1 Å². The Morgan fingerprint density at radius 1 is 1.38 bits per heavy atom. The summed E-state index contributed by atoms with van der Waals surface area (Å²) < 4.78 is 4.68. The van der Waals surface area contributed by atoms with Crippen molar-refractivity contribution >= 4 is 5.97 Å². The monoisotopic (exact) mass is 182 g/mol. The summed E-state index contributed by atoms with van der Waals surface area (Å²) in [6.07, 6.45) is 2.75. The van der Waals surface area contributed by atoms with E-state index in [4.69, 9.17) is 0 Å². The smallest absolute Gasteiger partial charge is 0.337 e. The van der Waals surface area contributed by atoms with Gasteiger partial charge in [0.25, 0.3) is 0 Å². The molecule has 2 heteroatoms. The summed E-state index contributed by atoms with van der Waals surface area (Å²) in [7, 11) is 1.40. The Balaban J connectivity index is 4.92. The van der Waals surface area contributed by atoms with E-state index in [0.717, 1.165) is 12.0 Å². The Hall–Kier alpha value is -1.05. The number of carbonyl (C=O) groups is 1. The van der Waals surface area contributed by atoms with Crippen LogP contribution in [-0.4, -0.2) is 13.1 Å². The molecule has 0 aromatic carbocycles. The quantitative estimate of drug-likeness (QED) is 0.381. The second kappa shape index (κ2) is 5.57. The van der Waals surface area contributed by atoms with Gasteiger partial charge in [0.1, 0.15) is 0 Å². The third-order valence-electron chi connectivity index (χ3n) is 2.27. The average molecular weight is 182 g/mol. The zero-order chi connectivity index (χ0) is 10.4. The Kier molecular flexibility index (Phi) is 5.12. The first-order valence-corrected chi connectivity index (χ1v) is 4.49. The summed E-state index contributed by atoms with van der Waals surface area (Å²) in [4.78, 5) is 11.3. The maximum absolute atomic E-state index is 11.3. The third kappa shape index (κ3) is 3.05. The van der Waals surface area contributed by atoms with Gasteiger partial charge in [0, 0.05) is 0 Å². The standard InChI is InChI=1S/C11H18O2/c1-6-8(3)9(4)10(7-2)11(12)13-5/h7H,6H2,1-5H3/b9-8-,10-7+. The van der Waals surface area contributed by atoms with Crippen LogP contribution in [0.5, 0.6) is 0 Å². The lowest BCUT2D eigenvalue weighted by molar-refractivity contribution is -0.135. The average Bonchev–Trinajstić information content (AvgIpc) is 2.17. The molecule has 0 aliphatic heterocycles. The van der Waals surface area contributed by atoms with Gasteiger partial charge in [-0.15, -0.1) is 0 Å². The van der Waals surface area contributed by atoms with Gasteiger partial charge in [-0.25, -0.2) is 4.79 Å². The lowest BCUT2D eigenvalue weighted by Crippen LogP contribution is -2.06. The molecule has 0 saturated heterocycles. The molecule has 74 valence electrons. The fourth-order valence-corrected chi connectivity index (χ4v) is 1.09. The predicted octanol–water partition coefficient (Wildman–Crippen LogP) is 2.85. The Morgan fingerprint density at radius 3 is 2.23 bits per heavy atom. The van der Waals surface area contributed by atoms with Crippen molar-refractivity contribution in [1.29, 1.82) is 0 Å². The number of methoxy groups -OCH3 is 1. The number of carbonyl (C=O) groups excluding carboxylic acids is 1. The summed E-state index contributed by atoms with van der Waals surface area (Å²) in [5.41, 5.74) is 2.91. The molecule has 0 atom stereocenters. The van der Waals surface area contributed by atoms with E-state index in [1.807, 2.05) is 20.8 Å². The SMILES string of the molecule is C/C=C(C(=O)OC)\C(C)=C(\C)CC. The maximum atomic E-state index is 11.3. The highest BCUT2D eigenvalue weighted by Gasteiger charge is 2.11. The molecule has 0 radical (unpaired) electrons. The molecule has 0 aliphatic rings. The van der Waals surface area contributed by atoms with E-state index in [1.165, 1.54) is 12.7 Å². The summed E-state index contributed by atoms with van der Waals surface area (Å²) in [5, 5.41) is 0. The molecule has 0 saturated carbocycles. The number of hydrogen-bond donors (Lipinski definition) is 0. The number of allylic oxidation sites excluding steroid dienone is 2. The van der Waals surface area contributed by atoms with Crippen LogP contribution in [-0.2, 0) is 9.53 Å². The van der Waals surface area contributed by atoms with Crippen LogP contribution in [0.3, 0.4) is 0 Å². The van der Waals surface area contributed by atoms with Gasteiger partial charge in [0.15, 0.2) is 0 Å². The lowest BCUT2D eigenvalue weighted by Gasteiger charge is -2.08. The Labute approximate surface area is 80.3 Å². The van der Waals surface area contributed by atoms with Crippen LogP contribution < -0.4 is 0 Å². The normalized spacial score (nSPS) is 13.8. The highest BCUT2D eigenvalue weighted by atomic mass is 16.5. The fourth-order valence-electron chi connectivity index (χ4n) is 1.09. The summed E-state index contributed by atoms with van der Waals surface area (Å²) in [6, 6.07) is 0. The van der Waals surface area contributed by atoms with Crippen molar-refractivity contribution in [3.63, 3.8) is 0 Å². The number of ether oxygens (including phenoxy) is 1. The van der Waals surface area contributed by atoms with Crippen LogP contribution >= 0.6 is 0 Å². The fraction of sp³-hybridized carbons (Fsp3) is 0.545. The van der Waals surface area contributed by atoms with E-state index >= 15 is 0 Å². The topological polar surface area (TPSA) is 26.3 Å². The number of hydrogen-bond acceptors (Lipinski definition) is 2. The molecule has 0 unspecified atom stereocenters. The first kappa shape index (κ1) is 11.9. The van der Waals surface area contributed by atoms with Crippen LogP contribution in [0.4, 0.5) is 0 Å². The molecule has 0 amide bonds. The molecule has 0 aromatic heterocycles. The molecule has 0 aliphatic carbocycles. The van der Waals surface area contributed by atoms with Gasteiger partial charge in [0.2, 0.25) is 0 Å². The molecule has 13 heavy (non-hydrogen) atoms. The number of esters is 1. The van der Waals surface area contributed by atoms with Crippen LogP contribution in [0.25, 0.3) is 0 Å². The van der Waals surface area contributed by atoms with Crippen LogP contribution in [0, 0.1) is 0 Å². The molecular weight excluding hydrogens is 164 g/mol. The van der Waals surface area contributed by atoms with E-state index < -0.39 is 0 Å². The Morgan fingerprint density at radius 2 is 1.92 bits per heavy atom. The molecule has 0 bridgehead atoms. The predicted molar refractivity (Wildman–Crippen MR) is 54.4 cm³/mol. The second-order valence-electron chi connectivity index (χ2n) is 2.95. The van der Waals surface area contributed by atoms with Crippen LogP contribution in [0.15, 0.2) is 22.8 Å². The van der Waals surface area contributed by atoms with E-state index in [1.54, 1.807) is 6.08 Å². The summed E-state index contributed by atoms with van der Waals surface area (Å²) >= 11 is 0. The molecule has 2 nitrogen and oxygen atoms in total. The van der Waals surface area contributed by atoms with Crippen molar-refractivity contribution in [3.05, 3.63) is 22.8 Å². The minimum absolute atomic E-state index is 0.257. The zero-order valence-corrected chi connectivity index (χ0v) is 9.10. The van der Waals surface area contributed by atoms with Gasteiger partial charge in [-0.3, -0.25) is 0 Å². The largest absolute Gasteiger partial charge is 0.465 e. The Bertz CT molecular complexity index is 247. The highest BCUT2D eigenvalue weighted by Crippen LogP contribution is 2.17. The van der Waals surface area contributed by atoms with Gasteiger partial charge in [-0.2, -0.15) is 0 Å². The molecular formula is C11H18O2. The number of rotatable bonds is 3. The van der Waals surface area contributed by atoms with Crippen molar-refractivity contribution in [1.82, 2.24) is 0 Å². The van der Waals surface area contributed by atoms with E-state index in [2.05, 4.69) is 11.7 Å². The minimum atomic E-state index is -0.257. The van der Waals surface area contributed by atoms with E-state index in [0.29, 0.717) is 5.57 Å². The molecule has 0 aromatic rings. The van der Waals surface area contributed by atoms with Gasteiger partial charge in [0.05, 0.1) is 12.7 Å². The molecule has 0 heterocycles. The van der Waals surface area contributed by atoms with Crippen molar-refractivity contribution in [3.8, 4) is 0 Å². The lowest BCUT2D eigenvalue weighted by atomic mass is 10.0. The van der Waals surface area contributed by atoms with Crippen LogP contribution in [0.2, 0.25) is 0 Å². The van der Waals surface area contributed by atoms with Crippen molar-refractivity contribution < 1.29 is 9.53 Å².